The van der Waals surface area contributed by atoms with Crippen molar-refractivity contribution in [1.82, 2.24) is 0 Å². The first kappa shape index (κ1) is 34.2. The lowest BCUT2D eigenvalue weighted by Crippen LogP contribution is -2.25. The van der Waals surface area contributed by atoms with Crippen LogP contribution in [-0.4, -0.2) is 0 Å². The molecule has 14 rings (SSSR count). The molecule has 11 aromatic carbocycles. The van der Waals surface area contributed by atoms with E-state index in [2.05, 4.69) is 220 Å². The van der Waals surface area contributed by atoms with E-state index in [1.807, 2.05) is 0 Å². The largest absolute Gasteiger partial charge is 0.0725 e. The summed E-state index contributed by atoms with van der Waals surface area (Å²) >= 11 is 0. The monoisotopic (exact) mass is 784 g/mol. The van der Waals surface area contributed by atoms with Crippen molar-refractivity contribution in [3.8, 4) is 55.6 Å². The Labute approximate surface area is 361 Å². The highest BCUT2D eigenvalue weighted by Gasteiger charge is 2.51. The standard InChI is InChI=1S/C62H40/c1-61(2)52-34-32-37(35-51(52)59-45-22-5-3-17-39(45)40-18-4-10-27-50(40)60(59)61)57-46-23-6-8-25-48(46)58(49-26-9-7-24-47(49)57)38-31-33-44-43-21-13-16-30-55(43)62(56(44)36-38)53-28-14-11-19-41(53)42-20-12-15-29-54(42)62/h3-36H,1-2H3. The van der Waals surface area contributed by atoms with Gasteiger partial charge >= 0.3 is 0 Å². The van der Waals surface area contributed by atoms with Crippen molar-refractivity contribution in [2.75, 3.05) is 0 Å². The van der Waals surface area contributed by atoms with Gasteiger partial charge in [0.25, 0.3) is 0 Å². The van der Waals surface area contributed by atoms with E-state index in [4.69, 9.17) is 0 Å². The van der Waals surface area contributed by atoms with Crippen LogP contribution in [0.25, 0.3) is 98.7 Å². The summed E-state index contributed by atoms with van der Waals surface area (Å²) in [7, 11) is 0. The minimum Gasteiger partial charge on any atom is -0.0619 e. The first-order chi connectivity index (χ1) is 30.5. The summed E-state index contributed by atoms with van der Waals surface area (Å²) in [4.78, 5) is 0. The number of rotatable bonds is 2. The van der Waals surface area contributed by atoms with E-state index >= 15 is 0 Å². The van der Waals surface area contributed by atoms with E-state index in [0.717, 1.165) is 0 Å². The molecular formula is C62H40. The molecule has 0 aliphatic heterocycles. The normalized spacial score (nSPS) is 14.5. The smallest absolute Gasteiger partial charge is 0.0619 e. The average Bonchev–Trinajstić information content (AvgIpc) is 3.89. The SMILES string of the molecule is CC1(C)c2ccc(-c3c4ccccc4c(-c4ccc5c(c4)C4(c6ccccc6-c6ccccc64)c4ccccc4-5)c4ccccc34)cc2-c2c1c1ccccc1c1ccccc21. The zero-order valence-electron chi connectivity index (χ0n) is 34.6. The van der Waals surface area contributed by atoms with Gasteiger partial charge in [0, 0.05) is 5.41 Å². The third kappa shape index (κ3) is 4.13. The molecule has 3 aliphatic carbocycles. The Morgan fingerprint density at radius 1 is 0.258 bits per heavy atom. The second kappa shape index (κ2) is 12.1. The van der Waals surface area contributed by atoms with Crippen molar-refractivity contribution in [2.45, 2.75) is 24.7 Å². The quantitative estimate of drug-likeness (QED) is 0.121. The number of hydrogen-bond donors (Lipinski definition) is 0. The van der Waals surface area contributed by atoms with Crippen molar-refractivity contribution < 1.29 is 0 Å². The van der Waals surface area contributed by atoms with Crippen LogP contribution < -0.4 is 0 Å². The molecule has 0 radical (unpaired) electrons. The van der Waals surface area contributed by atoms with Gasteiger partial charge in [0.1, 0.15) is 0 Å². The van der Waals surface area contributed by atoms with E-state index in [1.54, 1.807) is 0 Å². The fraction of sp³-hybridized carbons (Fsp3) is 0.0645. The van der Waals surface area contributed by atoms with Crippen molar-refractivity contribution in [2.24, 2.45) is 0 Å². The molecule has 0 nitrogen and oxygen atoms in total. The van der Waals surface area contributed by atoms with Gasteiger partial charge in [-0.3, -0.25) is 0 Å². The molecule has 0 unspecified atom stereocenters. The molecule has 3 aliphatic rings. The third-order valence-electron chi connectivity index (χ3n) is 15.0. The molecule has 0 amide bonds. The van der Waals surface area contributed by atoms with Crippen LogP contribution in [0.4, 0.5) is 0 Å². The molecule has 0 saturated heterocycles. The van der Waals surface area contributed by atoms with Crippen molar-refractivity contribution in [3.63, 3.8) is 0 Å². The maximum Gasteiger partial charge on any atom is 0.0725 e. The molecule has 1 spiro atoms. The van der Waals surface area contributed by atoms with Crippen LogP contribution in [0, 0.1) is 0 Å². The summed E-state index contributed by atoms with van der Waals surface area (Å²) in [6.07, 6.45) is 0. The molecule has 0 bridgehead atoms. The maximum atomic E-state index is 2.55. The zero-order valence-corrected chi connectivity index (χ0v) is 34.6. The van der Waals surface area contributed by atoms with E-state index in [-0.39, 0.29) is 5.41 Å². The molecule has 11 aromatic rings. The first-order valence-corrected chi connectivity index (χ1v) is 22.0. The molecule has 0 heterocycles. The Bertz CT molecular complexity index is 3660. The van der Waals surface area contributed by atoms with E-state index in [9.17, 15) is 0 Å². The van der Waals surface area contributed by atoms with Crippen LogP contribution in [0.3, 0.4) is 0 Å². The fourth-order valence-corrected chi connectivity index (χ4v) is 12.7. The predicted octanol–water partition coefficient (Wildman–Crippen LogP) is 16.3. The molecule has 0 aromatic heterocycles. The summed E-state index contributed by atoms with van der Waals surface area (Å²) in [5, 5.41) is 10.4. The second-order valence-corrected chi connectivity index (χ2v) is 18.2. The lowest BCUT2D eigenvalue weighted by molar-refractivity contribution is 0.666. The van der Waals surface area contributed by atoms with Gasteiger partial charge in [-0.25, -0.2) is 0 Å². The highest BCUT2D eigenvalue weighted by atomic mass is 14.5. The fourth-order valence-electron chi connectivity index (χ4n) is 12.7. The maximum absolute atomic E-state index is 2.55. The van der Waals surface area contributed by atoms with Gasteiger partial charge in [-0.2, -0.15) is 0 Å². The van der Waals surface area contributed by atoms with E-state index in [1.165, 1.54) is 132 Å². The number of fused-ring (bicyclic) bond motifs is 20. The Morgan fingerprint density at radius 2 is 0.629 bits per heavy atom. The van der Waals surface area contributed by atoms with Crippen molar-refractivity contribution >= 4 is 43.1 Å². The number of benzene rings is 11. The zero-order chi connectivity index (χ0) is 40.9. The highest BCUT2D eigenvalue weighted by molar-refractivity contribution is 6.23. The third-order valence-corrected chi connectivity index (χ3v) is 15.0. The van der Waals surface area contributed by atoms with Crippen LogP contribution in [0.1, 0.15) is 47.2 Å². The van der Waals surface area contributed by atoms with Crippen LogP contribution in [0.5, 0.6) is 0 Å². The van der Waals surface area contributed by atoms with Gasteiger partial charge < -0.3 is 0 Å². The Morgan fingerprint density at radius 3 is 1.15 bits per heavy atom. The predicted molar refractivity (Wildman–Crippen MR) is 261 cm³/mol. The molecular weight excluding hydrogens is 745 g/mol. The summed E-state index contributed by atoms with van der Waals surface area (Å²) in [5.41, 5.74) is 20.9. The topological polar surface area (TPSA) is 0 Å². The van der Waals surface area contributed by atoms with Gasteiger partial charge in [-0.05, 0) is 144 Å². The molecule has 0 N–H and O–H groups in total. The van der Waals surface area contributed by atoms with Crippen LogP contribution in [0.15, 0.2) is 206 Å². The number of hydrogen-bond acceptors (Lipinski definition) is 0. The van der Waals surface area contributed by atoms with Gasteiger partial charge in [-0.1, -0.05) is 208 Å². The Balaban J connectivity index is 1.04. The van der Waals surface area contributed by atoms with Crippen molar-refractivity contribution in [3.05, 3.63) is 240 Å². The summed E-state index contributed by atoms with van der Waals surface area (Å²) in [5.74, 6) is 0. The molecule has 0 atom stereocenters. The highest BCUT2D eigenvalue weighted by Crippen LogP contribution is 2.63. The summed E-state index contributed by atoms with van der Waals surface area (Å²) in [6.45, 7) is 4.83. The second-order valence-electron chi connectivity index (χ2n) is 18.2. The molecule has 0 fully saturated rings. The molecule has 0 heteroatoms. The van der Waals surface area contributed by atoms with E-state index in [0.29, 0.717) is 0 Å². The van der Waals surface area contributed by atoms with Gasteiger partial charge in [-0.15, -0.1) is 0 Å². The lowest BCUT2D eigenvalue weighted by Gasteiger charge is -2.31. The van der Waals surface area contributed by atoms with Crippen molar-refractivity contribution in [1.29, 1.82) is 0 Å². The lowest BCUT2D eigenvalue weighted by atomic mass is 9.70. The Hall–Kier alpha value is -7.54. The first-order valence-electron chi connectivity index (χ1n) is 22.0. The van der Waals surface area contributed by atoms with Gasteiger partial charge in [0.15, 0.2) is 0 Å². The van der Waals surface area contributed by atoms with Gasteiger partial charge in [0.05, 0.1) is 5.41 Å². The van der Waals surface area contributed by atoms with E-state index < -0.39 is 5.41 Å². The minimum absolute atomic E-state index is 0.147. The minimum atomic E-state index is -0.398. The average molecular weight is 785 g/mol. The molecule has 62 heavy (non-hydrogen) atoms. The van der Waals surface area contributed by atoms with Crippen LogP contribution in [-0.2, 0) is 10.8 Å². The summed E-state index contributed by atoms with van der Waals surface area (Å²) < 4.78 is 0. The van der Waals surface area contributed by atoms with Crippen LogP contribution in [0.2, 0.25) is 0 Å². The molecule has 288 valence electrons. The van der Waals surface area contributed by atoms with Gasteiger partial charge in [0.2, 0.25) is 0 Å². The Kier molecular flexibility index (Phi) is 6.65. The molecule has 0 saturated carbocycles. The van der Waals surface area contributed by atoms with Crippen LogP contribution >= 0.6 is 0 Å². The summed E-state index contributed by atoms with van der Waals surface area (Å²) in [6, 6.07) is 78.3.